The topological polar surface area (TPSA) is 37.8 Å². The Labute approximate surface area is 318 Å². The molecular weight excluding hydrogens is 655 g/mol. The molecule has 0 saturated carbocycles. The van der Waals surface area contributed by atoms with Gasteiger partial charge in [0.15, 0.2) is 5.82 Å². The van der Waals surface area contributed by atoms with Crippen LogP contribution in [-0.4, -0.2) is 17.0 Å². The third-order valence-electron chi connectivity index (χ3n) is 10.2. The summed E-state index contributed by atoms with van der Waals surface area (Å²) >= 11 is 0. The first-order chi connectivity index (χ1) is 26.5. The van der Waals surface area contributed by atoms with E-state index in [9.17, 15) is 0 Å². The maximum absolute atomic E-state index is 5.25. The summed E-state index contributed by atoms with van der Waals surface area (Å²) in [4.78, 5) is 10.5. The number of aromatic nitrogens is 2. The molecule has 54 heavy (non-hydrogen) atoms. The Hall–Kier alpha value is -6.58. The number of nitrogens with one attached hydrogen (secondary N) is 1. The lowest BCUT2D eigenvalue weighted by molar-refractivity contribution is 0.949. The van der Waals surface area contributed by atoms with Gasteiger partial charge in [0.25, 0.3) is 0 Å². The fourth-order valence-corrected chi connectivity index (χ4v) is 7.48. The van der Waals surface area contributed by atoms with Crippen LogP contribution in [0, 0.1) is 0 Å². The van der Waals surface area contributed by atoms with Crippen LogP contribution >= 0.6 is 0 Å². The largest absolute Gasteiger partial charge is 0.388 e. The lowest BCUT2D eigenvalue weighted by atomic mass is 9.88. The summed E-state index contributed by atoms with van der Waals surface area (Å²) in [6.07, 6.45) is 8.69. The summed E-state index contributed by atoms with van der Waals surface area (Å²) in [5.41, 5.74) is 12.8. The fraction of sp³-hybridized carbons (Fsp3) is 0.0980. The van der Waals surface area contributed by atoms with Crippen LogP contribution in [0.4, 0.5) is 0 Å². The Kier molecular flexibility index (Phi) is 9.70. The monoisotopic (exact) mass is 697 g/mol. The minimum Gasteiger partial charge on any atom is -0.388 e. The Morgan fingerprint density at radius 1 is 0.630 bits per heavy atom. The van der Waals surface area contributed by atoms with Crippen LogP contribution in [0.25, 0.3) is 96.1 Å². The van der Waals surface area contributed by atoms with Crippen LogP contribution in [0.5, 0.6) is 0 Å². The van der Waals surface area contributed by atoms with Crippen LogP contribution < -0.4 is 10.5 Å². The Morgan fingerprint density at radius 3 is 1.93 bits per heavy atom. The molecule has 1 N–H and O–H groups in total. The van der Waals surface area contributed by atoms with E-state index in [1.54, 1.807) is 0 Å². The van der Waals surface area contributed by atoms with Crippen molar-refractivity contribution in [3.8, 4) is 56.2 Å². The highest BCUT2D eigenvalue weighted by atomic mass is 14.9. The summed E-state index contributed by atoms with van der Waals surface area (Å²) in [5.74, 6) is 0.685. The maximum Gasteiger partial charge on any atom is 0.160 e. The predicted molar refractivity (Wildman–Crippen MR) is 232 cm³/mol. The minimum absolute atomic E-state index is 0.685. The van der Waals surface area contributed by atoms with Crippen LogP contribution in [-0.2, 0) is 0 Å². The maximum atomic E-state index is 5.25. The highest BCUT2D eigenvalue weighted by Crippen LogP contribution is 2.39. The van der Waals surface area contributed by atoms with Crippen LogP contribution in [0.3, 0.4) is 0 Å². The molecule has 0 atom stereocenters. The quantitative estimate of drug-likeness (QED) is 0.155. The lowest BCUT2D eigenvalue weighted by Crippen LogP contribution is -2.04. The van der Waals surface area contributed by atoms with Crippen LogP contribution in [0.15, 0.2) is 158 Å². The summed E-state index contributed by atoms with van der Waals surface area (Å²) in [5, 5.41) is 9.25. The number of hydrogen-bond acceptors (Lipinski definition) is 3. The molecule has 0 bridgehead atoms. The Balaban J connectivity index is 1.37. The molecule has 7 aromatic carbocycles. The summed E-state index contributed by atoms with van der Waals surface area (Å²) in [7, 11) is 1.99. The Morgan fingerprint density at radius 2 is 1.28 bits per heavy atom. The van der Waals surface area contributed by atoms with Gasteiger partial charge in [0.1, 0.15) is 0 Å². The second-order valence-electron chi connectivity index (χ2n) is 13.7. The predicted octanol–water partition coefficient (Wildman–Crippen LogP) is 12.6. The molecule has 1 heterocycles. The molecule has 0 spiro atoms. The highest BCUT2D eigenvalue weighted by Gasteiger charge is 2.17. The molecule has 1 aromatic heterocycles. The minimum atomic E-state index is 0.685. The van der Waals surface area contributed by atoms with Gasteiger partial charge in [0, 0.05) is 29.4 Å². The van der Waals surface area contributed by atoms with E-state index in [-0.39, 0.29) is 0 Å². The zero-order valence-electron chi connectivity index (χ0n) is 31.1. The second-order valence-corrected chi connectivity index (χ2v) is 13.7. The van der Waals surface area contributed by atoms with Crippen molar-refractivity contribution in [2.45, 2.75) is 26.7 Å². The molecule has 0 fully saturated rings. The fourth-order valence-electron chi connectivity index (χ4n) is 7.48. The second kappa shape index (κ2) is 15.2. The van der Waals surface area contributed by atoms with Crippen LogP contribution in [0.2, 0.25) is 0 Å². The SMILES string of the molecule is C=c1ccc2ccc(-c3cc(-c4ccc(/C(=C/CCC)NC)cc4)cc(-c4nc(-c5ccccc5)cc(-c5ccccc5)n4)c3)c3ccc(/C=C\C)c1c23. The van der Waals surface area contributed by atoms with Gasteiger partial charge in [0.05, 0.1) is 11.4 Å². The van der Waals surface area contributed by atoms with Crippen molar-refractivity contribution < 1.29 is 0 Å². The third-order valence-corrected chi connectivity index (χ3v) is 10.2. The molecule has 8 aromatic rings. The molecule has 0 amide bonds. The van der Waals surface area contributed by atoms with E-state index in [0.29, 0.717) is 5.82 Å². The Bertz CT molecular complexity index is 2650. The standard InChI is InChI=1S/C51H43N3/c1-5-7-19-46(52-4)38-24-22-35(23-25-38)41-30-42(44-28-26-40-21-20-34(3)49-39(14-6-2)27-29-45(44)50(40)49)32-43(31-41)51-53-47(36-15-10-8-11-16-36)33-48(54-51)37-17-12-9-13-18-37/h6,8-33,52H,3,5,7H2,1-2,4H3/b14-6-,46-19-. The van der Waals surface area contributed by atoms with E-state index >= 15 is 0 Å². The van der Waals surface area contributed by atoms with Crippen molar-refractivity contribution in [1.82, 2.24) is 15.3 Å². The molecule has 0 saturated heterocycles. The molecular formula is C51H43N3. The molecule has 262 valence electrons. The first-order valence-corrected chi connectivity index (χ1v) is 18.8. The molecule has 0 aliphatic carbocycles. The zero-order chi connectivity index (χ0) is 37.0. The number of benzene rings is 7. The van der Waals surface area contributed by atoms with Gasteiger partial charge in [-0.15, -0.1) is 0 Å². The number of unbranched alkanes of at least 4 members (excludes halogenated alkanes) is 1. The van der Waals surface area contributed by atoms with Gasteiger partial charge in [0.2, 0.25) is 0 Å². The van der Waals surface area contributed by atoms with Crippen LogP contribution in [0.1, 0.15) is 37.8 Å². The van der Waals surface area contributed by atoms with E-state index in [0.717, 1.165) is 74.1 Å². The van der Waals surface area contributed by atoms with Gasteiger partial charge in [-0.1, -0.05) is 159 Å². The molecule has 0 unspecified atom stereocenters. The number of hydrogen-bond donors (Lipinski definition) is 1. The van der Waals surface area contributed by atoms with Gasteiger partial charge in [-0.25, -0.2) is 9.97 Å². The van der Waals surface area contributed by atoms with Gasteiger partial charge in [-0.3, -0.25) is 0 Å². The summed E-state index contributed by atoms with van der Waals surface area (Å²) in [6, 6.07) is 51.8. The number of rotatable bonds is 10. The van der Waals surface area contributed by atoms with Crippen molar-refractivity contribution in [2.75, 3.05) is 7.05 Å². The zero-order valence-corrected chi connectivity index (χ0v) is 31.1. The molecule has 0 radical (unpaired) electrons. The van der Waals surface area contributed by atoms with E-state index in [1.807, 2.05) is 19.2 Å². The molecule has 0 aliphatic heterocycles. The summed E-state index contributed by atoms with van der Waals surface area (Å²) in [6.45, 7) is 8.72. The van der Waals surface area contributed by atoms with Crippen molar-refractivity contribution in [2.24, 2.45) is 0 Å². The number of nitrogens with zero attached hydrogens (tertiary/aromatic N) is 2. The van der Waals surface area contributed by atoms with Gasteiger partial charge in [-0.2, -0.15) is 0 Å². The molecule has 0 aliphatic rings. The van der Waals surface area contributed by atoms with Crippen molar-refractivity contribution in [1.29, 1.82) is 0 Å². The average molecular weight is 698 g/mol. The van der Waals surface area contributed by atoms with E-state index in [1.165, 1.54) is 32.7 Å². The summed E-state index contributed by atoms with van der Waals surface area (Å²) < 4.78 is 0. The van der Waals surface area contributed by atoms with E-state index in [4.69, 9.17) is 9.97 Å². The number of allylic oxidation sites excluding steroid dienone is 2. The van der Waals surface area contributed by atoms with Crippen molar-refractivity contribution >= 4 is 39.9 Å². The molecule has 3 heteroatoms. The van der Waals surface area contributed by atoms with Gasteiger partial charge >= 0.3 is 0 Å². The first-order valence-electron chi connectivity index (χ1n) is 18.8. The van der Waals surface area contributed by atoms with Crippen molar-refractivity contribution in [3.05, 3.63) is 174 Å². The van der Waals surface area contributed by atoms with Crippen molar-refractivity contribution in [3.63, 3.8) is 0 Å². The smallest absolute Gasteiger partial charge is 0.160 e. The van der Waals surface area contributed by atoms with E-state index in [2.05, 4.69) is 177 Å². The highest BCUT2D eigenvalue weighted by molar-refractivity contribution is 6.17. The van der Waals surface area contributed by atoms with Gasteiger partial charge in [-0.05, 0) is 97.8 Å². The normalized spacial score (nSPS) is 11.9. The van der Waals surface area contributed by atoms with Gasteiger partial charge < -0.3 is 5.32 Å². The lowest BCUT2D eigenvalue weighted by Gasteiger charge is -2.16. The third kappa shape index (κ3) is 6.73. The average Bonchev–Trinajstić information content (AvgIpc) is 3.23. The first kappa shape index (κ1) is 34.5. The molecule has 8 rings (SSSR count). The van der Waals surface area contributed by atoms with E-state index < -0.39 is 0 Å². The molecule has 3 nitrogen and oxygen atoms in total.